The fourth-order valence-corrected chi connectivity index (χ4v) is 7.83. The lowest BCUT2D eigenvalue weighted by Gasteiger charge is -2.39. The summed E-state index contributed by atoms with van der Waals surface area (Å²) >= 11 is 0. The molecule has 0 bridgehead atoms. The Morgan fingerprint density at radius 3 is 2.34 bits per heavy atom. The number of aromatic nitrogens is 1. The summed E-state index contributed by atoms with van der Waals surface area (Å²) in [4.78, 5) is 4.78. The molecule has 0 unspecified atom stereocenters. The van der Waals surface area contributed by atoms with Gasteiger partial charge in [-0.1, -0.05) is 115 Å². The van der Waals surface area contributed by atoms with Crippen molar-refractivity contribution in [3.05, 3.63) is 156 Å². The average Bonchev–Trinajstić information content (AvgIpc) is 3.46. The summed E-state index contributed by atoms with van der Waals surface area (Å²) < 4.78 is 2.51. The summed E-state index contributed by atoms with van der Waals surface area (Å²) in [5.74, 6) is 0. The second kappa shape index (κ2) is 12.7. The van der Waals surface area contributed by atoms with E-state index in [0.29, 0.717) is 0 Å². The molecule has 47 heavy (non-hydrogen) atoms. The Bertz CT molecular complexity index is 2080. The predicted molar refractivity (Wildman–Crippen MR) is 199 cm³/mol. The third kappa shape index (κ3) is 5.38. The Kier molecular flexibility index (Phi) is 7.98. The zero-order valence-corrected chi connectivity index (χ0v) is 27.0. The van der Waals surface area contributed by atoms with Crippen molar-refractivity contribution in [1.82, 2.24) is 9.47 Å². The fourth-order valence-electron chi connectivity index (χ4n) is 7.83. The van der Waals surface area contributed by atoms with Crippen LogP contribution >= 0.6 is 0 Å². The van der Waals surface area contributed by atoms with Crippen LogP contribution in [0, 0.1) is 0 Å². The molecule has 0 amide bonds. The van der Waals surface area contributed by atoms with Crippen molar-refractivity contribution in [2.75, 3.05) is 11.4 Å². The van der Waals surface area contributed by atoms with Gasteiger partial charge < -0.3 is 9.47 Å². The number of anilines is 1. The minimum absolute atomic E-state index is 0.427. The van der Waals surface area contributed by atoms with Crippen LogP contribution < -0.4 is 10.6 Å². The summed E-state index contributed by atoms with van der Waals surface area (Å²) in [5.41, 5.74) is 18.6. The molecule has 0 fully saturated rings. The molecule has 2 heterocycles. The topological polar surface area (TPSA) is 37.4 Å². The first kappa shape index (κ1) is 29.5. The lowest BCUT2D eigenvalue weighted by molar-refractivity contribution is 0.207. The SMILES string of the molecule is C=C1/C=C\C=C/N([C@H](N)N(CC2=CCCCC2)Cc2ccccc2)c2c1c1ccccc1c1c3c(n(-c4ccccc4)c21)CCC=C3. The highest BCUT2D eigenvalue weighted by molar-refractivity contribution is 6.22. The van der Waals surface area contributed by atoms with Crippen molar-refractivity contribution in [3.63, 3.8) is 0 Å². The maximum atomic E-state index is 7.58. The first-order valence-corrected chi connectivity index (χ1v) is 17.1. The summed E-state index contributed by atoms with van der Waals surface area (Å²) in [6.07, 6.45) is 22.0. The largest absolute Gasteiger partial charge is 0.317 e. The number of fused-ring (bicyclic) bond motifs is 8. The molecule has 0 saturated heterocycles. The number of nitrogens with zero attached hydrogens (tertiary/aromatic N) is 3. The highest BCUT2D eigenvalue weighted by Crippen LogP contribution is 2.48. The zero-order chi connectivity index (χ0) is 31.7. The molecule has 1 aliphatic heterocycles. The molecule has 1 atom stereocenters. The summed E-state index contributed by atoms with van der Waals surface area (Å²) in [6.45, 7) is 6.26. The molecular formula is C43H42N4. The summed E-state index contributed by atoms with van der Waals surface area (Å²) in [7, 11) is 0. The van der Waals surface area contributed by atoms with Gasteiger partial charge in [0.1, 0.15) is 6.29 Å². The molecule has 8 rings (SSSR count). The molecule has 4 aromatic carbocycles. The number of hydrogen-bond acceptors (Lipinski definition) is 3. The van der Waals surface area contributed by atoms with Gasteiger partial charge in [0.15, 0.2) is 0 Å². The summed E-state index contributed by atoms with van der Waals surface area (Å²) in [6, 6.07) is 30.5. The van der Waals surface area contributed by atoms with Crippen LogP contribution in [-0.2, 0) is 13.0 Å². The van der Waals surface area contributed by atoms with E-state index in [1.54, 1.807) is 0 Å². The Morgan fingerprint density at radius 1 is 0.787 bits per heavy atom. The van der Waals surface area contributed by atoms with Gasteiger partial charge in [-0.3, -0.25) is 10.6 Å². The van der Waals surface area contributed by atoms with Crippen molar-refractivity contribution in [1.29, 1.82) is 0 Å². The number of rotatable bonds is 7. The van der Waals surface area contributed by atoms with Crippen molar-refractivity contribution in [2.45, 2.75) is 51.4 Å². The highest BCUT2D eigenvalue weighted by Gasteiger charge is 2.32. The van der Waals surface area contributed by atoms with Gasteiger partial charge in [0.05, 0.1) is 11.2 Å². The molecule has 2 aliphatic carbocycles. The minimum Gasteiger partial charge on any atom is -0.317 e. The molecule has 0 spiro atoms. The lowest BCUT2D eigenvalue weighted by atomic mass is 9.90. The molecule has 4 heteroatoms. The van der Waals surface area contributed by atoms with Gasteiger partial charge in [0, 0.05) is 47.2 Å². The number of benzene rings is 4. The second-order valence-corrected chi connectivity index (χ2v) is 13.0. The van der Waals surface area contributed by atoms with Crippen LogP contribution in [0.1, 0.15) is 54.5 Å². The smallest absolute Gasteiger partial charge is 0.139 e. The Balaban J connectivity index is 1.42. The van der Waals surface area contributed by atoms with Crippen LogP contribution in [0.4, 0.5) is 5.69 Å². The number of allylic oxidation sites excluding steroid dienone is 6. The molecule has 2 N–H and O–H groups in total. The highest BCUT2D eigenvalue weighted by atomic mass is 15.4. The van der Waals surface area contributed by atoms with Gasteiger partial charge in [-0.2, -0.15) is 0 Å². The van der Waals surface area contributed by atoms with Crippen LogP contribution in [-0.4, -0.2) is 22.3 Å². The third-order valence-corrected chi connectivity index (χ3v) is 10.00. The first-order chi connectivity index (χ1) is 23.2. The maximum absolute atomic E-state index is 7.58. The number of nitrogens with two attached hydrogens (primary N) is 1. The average molecular weight is 615 g/mol. The predicted octanol–water partition coefficient (Wildman–Crippen LogP) is 9.89. The molecule has 5 aromatic rings. The third-order valence-electron chi connectivity index (χ3n) is 10.00. The van der Waals surface area contributed by atoms with Crippen molar-refractivity contribution < 1.29 is 0 Å². The van der Waals surface area contributed by atoms with E-state index in [9.17, 15) is 0 Å². The number of hydrogen-bond donors (Lipinski definition) is 1. The van der Waals surface area contributed by atoms with Crippen molar-refractivity contribution >= 4 is 39.0 Å². The van der Waals surface area contributed by atoms with Crippen molar-refractivity contribution in [3.8, 4) is 5.69 Å². The Hall–Kier alpha value is -4.90. The van der Waals surface area contributed by atoms with Gasteiger partial charge in [0.2, 0.25) is 0 Å². The van der Waals surface area contributed by atoms with Crippen LogP contribution in [0.2, 0.25) is 0 Å². The van der Waals surface area contributed by atoms with E-state index in [2.05, 4.69) is 149 Å². The molecule has 1 aromatic heterocycles. The molecular weight excluding hydrogens is 573 g/mol. The molecule has 3 aliphatic rings. The summed E-state index contributed by atoms with van der Waals surface area (Å²) in [5, 5.41) is 3.73. The quantitative estimate of drug-likeness (QED) is 0.146. The van der Waals surface area contributed by atoms with Gasteiger partial charge in [0.25, 0.3) is 0 Å². The van der Waals surface area contributed by atoms with E-state index in [1.165, 1.54) is 62.6 Å². The van der Waals surface area contributed by atoms with Crippen LogP contribution in [0.3, 0.4) is 0 Å². The first-order valence-electron chi connectivity index (χ1n) is 17.1. The Morgan fingerprint density at radius 2 is 1.55 bits per heavy atom. The van der Waals surface area contributed by atoms with Crippen LogP contribution in [0.15, 0.2) is 134 Å². The van der Waals surface area contributed by atoms with Crippen LogP contribution in [0.25, 0.3) is 39.0 Å². The molecule has 4 nitrogen and oxygen atoms in total. The Labute approximate surface area is 278 Å². The standard InChI is InChI=1S/C43H42N4/c1-31-17-15-16-28-46(43(44)45(29-32-18-5-2-6-19-32)30-33-20-7-3-8-21-33)41-39(31)35-24-11-12-25-36(35)40-37-26-13-14-27-38(37)47(42(40)41)34-22-9-4-10-23-34/h2,4-6,9-13,15-20,22-26,28,43H,1,3,7-8,14,21,27,29-30,44H2/b17-15-,28-16-/t43-/m1/s1. The van der Waals surface area contributed by atoms with E-state index in [1.807, 2.05) is 0 Å². The van der Waals surface area contributed by atoms with Gasteiger partial charge in [-0.05, 0) is 78.6 Å². The van der Waals surface area contributed by atoms with E-state index < -0.39 is 6.29 Å². The lowest BCUT2D eigenvalue weighted by Crippen LogP contribution is -2.53. The van der Waals surface area contributed by atoms with E-state index in [-0.39, 0.29) is 0 Å². The van der Waals surface area contributed by atoms with Gasteiger partial charge >= 0.3 is 0 Å². The fraction of sp³-hybridized carbons (Fsp3) is 0.209. The van der Waals surface area contributed by atoms with Gasteiger partial charge in [-0.25, -0.2) is 0 Å². The zero-order valence-electron chi connectivity index (χ0n) is 27.0. The normalized spacial score (nSPS) is 18.0. The van der Waals surface area contributed by atoms with Crippen molar-refractivity contribution in [2.24, 2.45) is 5.73 Å². The van der Waals surface area contributed by atoms with E-state index in [0.717, 1.165) is 55.6 Å². The van der Waals surface area contributed by atoms with E-state index >= 15 is 0 Å². The second-order valence-electron chi connectivity index (χ2n) is 13.0. The molecule has 0 radical (unpaired) electrons. The maximum Gasteiger partial charge on any atom is 0.139 e. The van der Waals surface area contributed by atoms with E-state index in [4.69, 9.17) is 5.73 Å². The monoisotopic (exact) mass is 614 g/mol. The number of para-hydroxylation sites is 1. The molecule has 0 saturated carbocycles. The minimum atomic E-state index is -0.427. The van der Waals surface area contributed by atoms with Crippen LogP contribution in [0.5, 0.6) is 0 Å². The molecule has 234 valence electrons. The van der Waals surface area contributed by atoms with Gasteiger partial charge in [-0.15, -0.1) is 0 Å².